The number of rotatable bonds is 6. The third kappa shape index (κ3) is 3.96. The maximum Gasteiger partial charge on any atom is 0.0891 e. The van der Waals surface area contributed by atoms with E-state index in [2.05, 4.69) is 41.5 Å². The molecule has 0 aromatic heterocycles. The van der Waals surface area contributed by atoms with Gasteiger partial charge in [-0.1, -0.05) is 42.5 Å². The van der Waals surface area contributed by atoms with E-state index < -0.39 is 0 Å². The molecule has 1 aromatic rings. The normalized spacial score (nSPS) is 18.9. The highest BCUT2D eigenvalue weighted by atomic mass is 32.2. The van der Waals surface area contributed by atoms with Gasteiger partial charge in [0, 0.05) is 0 Å². The van der Waals surface area contributed by atoms with Crippen LogP contribution in [0.4, 0.5) is 0 Å². The predicted molar refractivity (Wildman–Crippen MR) is 93.5 cm³/mol. The van der Waals surface area contributed by atoms with Crippen LogP contribution in [0, 0.1) is 0 Å². The third-order valence-corrected chi connectivity index (χ3v) is 6.22. The van der Waals surface area contributed by atoms with Crippen molar-refractivity contribution in [1.29, 1.82) is 0 Å². The first-order chi connectivity index (χ1) is 9.66. The third-order valence-electron chi connectivity index (χ3n) is 4.29. The average molecular weight is 309 g/mol. The molecule has 20 heavy (non-hydrogen) atoms. The summed E-state index contributed by atoms with van der Waals surface area (Å²) in [4.78, 5) is 3.24. The van der Waals surface area contributed by atoms with E-state index in [1.807, 2.05) is 11.8 Å². The number of piperidine rings is 1. The Labute approximate surface area is 132 Å². The molecule has 0 unspecified atom stereocenters. The van der Waals surface area contributed by atoms with Crippen LogP contribution in [0.3, 0.4) is 0 Å². The predicted octanol–water partition coefficient (Wildman–Crippen LogP) is 3.10. The lowest BCUT2D eigenvalue weighted by Gasteiger charge is -2.40. The minimum atomic E-state index is 0.0469. The van der Waals surface area contributed by atoms with Crippen molar-refractivity contribution in [2.75, 3.05) is 25.9 Å². The van der Waals surface area contributed by atoms with Crippen LogP contribution in [-0.2, 0) is 6.42 Å². The molecule has 1 aromatic carbocycles. The Morgan fingerprint density at radius 2 is 1.95 bits per heavy atom. The fraction of sp³-hybridized carbons (Fsp3) is 0.562. The SMILES string of the molecule is CSC1(C(N)=S)CCN(CCCc2ccccc2)CC1. The first-order valence-electron chi connectivity index (χ1n) is 7.28. The van der Waals surface area contributed by atoms with Crippen molar-refractivity contribution in [1.82, 2.24) is 4.90 Å². The zero-order valence-corrected chi connectivity index (χ0v) is 13.8. The number of nitrogens with zero attached hydrogens (tertiary/aromatic N) is 1. The smallest absolute Gasteiger partial charge is 0.0891 e. The molecule has 4 heteroatoms. The highest BCUT2D eigenvalue weighted by molar-refractivity contribution is 8.02. The molecule has 1 heterocycles. The molecular formula is C16H24N2S2. The van der Waals surface area contributed by atoms with Gasteiger partial charge in [0.1, 0.15) is 0 Å². The molecular weight excluding hydrogens is 284 g/mol. The van der Waals surface area contributed by atoms with Crippen molar-refractivity contribution in [3.8, 4) is 0 Å². The van der Waals surface area contributed by atoms with E-state index >= 15 is 0 Å². The fourth-order valence-electron chi connectivity index (χ4n) is 2.84. The van der Waals surface area contributed by atoms with Crippen LogP contribution in [0.25, 0.3) is 0 Å². The summed E-state index contributed by atoms with van der Waals surface area (Å²) in [6.45, 7) is 3.41. The van der Waals surface area contributed by atoms with Crippen molar-refractivity contribution in [2.24, 2.45) is 5.73 Å². The summed E-state index contributed by atoms with van der Waals surface area (Å²) in [5.41, 5.74) is 7.36. The molecule has 110 valence electrons. The maximum atomic E-state index is 5.93. The first kappa shape index (κ1) is 15.8. The van der Waals surface area contributed by atoms with Crippen LogP contribution >= 0.6 is 24.0 Å². The Kier molecular flexibility index (Phi) is 5.87. The van der Waals surface area contributed by atoms with Gasteiger partial charge in [-0.25, -0.2) is 0 Å². The number of hydrogen-bond donors (Lipinski definition) is 1. The zero-order valence-electron chi connectivity index (χ0n) is 12.2. The van der Waals surface area contributed by atoms with Crippen molar-refractivity contribution in [3.63, 3.8) is 0 Å². The van der Waals surface area contributed by atoms with Crippen LogP contribution in [0.15, 0.2) is 30.3 Å². The number of nitrogens with two attached hydrogens (primary N) is 1. The molecule has 0 saturated carbocycles. The summed E-state index contributed by atoms with van der Waals surface area (Å²) in [6.07, 6.45) is 6.71. The highest BCUT2D eigenvalue weighted by Gasteiger charge is 2.36. The number of thioether (sulfide) groups is 1. The molecule has 0 atom stereocenters. The topological polar surface area (TPSA) is 29.3 Å². The first-order valence-corrected chi connectivity index (χ1v) is 8.91. The van der Waals surface area contributed by atoms with Crippen LogP contribution < -0.4 is 5.73 Å². The fourth-order valence-corrected chi connectivity index (χ4v) is 4.09. The van der Waals surface area contributed by atoms with Gasteiger partial charge in [-0.15, -0.1) is 0 Å². The zero-order chi connectivity index (χ0) is 14.4. The van der Waals surface area contributed by atoms with E-state index in [9.17, 15) is 0 Å². The van der Waals surface area contributed by atoms with Gasteiger partial charge in [-0.2, -0.15) is 11.8 Å². The molecule has 2 N–H and O–H groups in total. The molecule has 0 amide bonds. The monoisotopic (exact) mass is 308 g/mol. The quantitative estimate of drug-likeness (QED) is 0.818. The Bertz CT molecular complexity index is 425. The summed E-state index contributed by atoms with van der Waals surface area (Å²) >= 11 is 7.09. The van der Waals surface area contributed by atoms with E-state index in [0.29, 0.717) is 4.99 Å². The lowest BCUT2D eigenvalue weighted by atomic mass is 9.95. The number of likely N-dealkylation sites (tertiary alicyclic amines) is 1. The highest BCUT2D eigenvalue weighted by Crippen LogP contribution is 2.34. The Morgan fingerprint density at radius 3 is 2.50 bits per heavy atom. The minimum Gasteiger partial charge on any atom is -0.392 e. The van der Waals surface area contributed by atoms with E-state index in [4.69, 9.17) is 18.0 Å². The van der Waals surface area contributed by atoms with E-state index in [0.717, 1.165) is 25.9 Å². The molecule has 1 saturated heterocycles. The Hall–Kier alpha value is -0.580. The van der Waals surface area contributed by atoms with Crippen molar-refractivity contribution >= 4 is 29.0 Å². The Morgan fingerprint density at radius 1 is 1.30 bits per heavy atom. The average Bonchev–Trinajstić information content (AvgIpc) is 2.49. The summed E-state index contributed by atoms with van der Waals surface area (Å²) in [5, 5.41) is 0. The molecule has 1 aliphatic rings. The van der Waals surface area contributed by atoms with Crippen LogP contribution in [-0.4, -0.2) is 40.5 Å². The van der Waals surface area contributed by atoms with Gasteiger partial charge in [0.2, 0.25) is 0 Å². The summed E-state index contributed by atoms with van der Waals surface area (Å²) in [5.74, 6) is 0. The standard InChI is InChI=1S/C16H24N2S2/c1-20-16(15(17)19)9-12-18(13-10-16)11-5-8-14-6-3-2-4-7-14/h2-4,6-7H,5,8-13H2,1H3,(H2,17,19). The lowest BCUT2D eigenvalue weighted by molar-refractivity contribution is 0.218. The number of aryl methyl sites for hydroxylation is 1. The van der Waals surface area contributed by atoms with Crippen LogP contribution in [0.1, 0.15) is 24.8 Å². The van der Waals surface area contributed by atoms with Gasteiger partial charge >= 0.3 is 0 Å². The number of thiocarbonyl (C=S) groups is 1. The maximum absolute atomic E-state index is 5.93. The molecule has 0 radical (unpaired) electrons. The summed E-state index contributed by atoms with van der Waals surface area (Å²) < 4.78 is 0.0469. The second-order valence-electron chi connectivity index (χ2n) is 5.49. The van der Waals surface area contributed by atoms with Gasteiger partial charge < -0.3 is 10.6 Å². The molecule has 0 bridgehead atoms. The van der Waals surface area contributed by atoms with Gasteiger partial charge in [0.25, 0.3) is 0 Å². The second kappa shape index (κ2) is 7.43. The van der Waals surface area contributed by atoms with Crippen LogP contribution in [0.5, 0.6) is 0 Å². The molecule has 2 nitrogen and oxygen atoms in total. The molecule has 0 aliphatic carbocycles. The van der Waals surface area contributed by atoms with E-state index in [-0.39, 0.29) is 4.75 Å². The van der Waals surface area contributed by atoms with Crippen molar-refractivity contribution in [3.05, 3.63) is 35.9 Å². The van der Waals surface area contributed by atoms with E-state index in [1.54, 1.807) is 0 Å². The summed E-state index contributed by atoms with van der Waals surface area (Å²) in [7, 11) is 0. The molecule has 2 rings (SSSR count). The number of benzene rings is 1. The lowest BCUT2D eigenvalue weighted by Crippen LogP contribution is -2.49. The molecule has 1 fully saturated rings. The number of hydrogen-bond acceptors (Lipinski definition) is 3. The van der Waals surface area contributed by atoms with Crippen molar-refractivity contribution < 1.29 is 0 Å². The molecule has 1 aliphatic heterocycles. The van der Waals surface area contributed by atoms with Gasteiger partial charge in [-0.05, 0) is 57.1 Å². The van der Waals surface area contributed by atoms with Gasteiger partial charge in [-0.3, -0.25) is 0 Å². The van der Waals surface area contributed by atoms with Gasteiger partial charge in [0.05, 0.1) is 9.74 Å². The van der Waals surface area contributed by atoms with Crippen LogP contribution in [0.2, 0.25) is 0 Å². The summed E-state index contributed by atoms with van der Waals surface area (Å²) in [6, 6.07) is 10.7. The van der Waals surface area contributed by atoms with E-state index in [1.165, 1.54) is 24.9 Å². The molecule has 0 spiro atoms. The second-order valence-corrected chi connectivity index (χ2v) is 7.12. The van der Waals surface area contributed by atoms with Crippen molar-refractivity contribution in [2.45, 2.75) is 30.4 Å². The Balaban J connectivity index is 1.73. The largest absolute Gasteiger partial charge is 0.392 e. The van der Waals surface area contributed by atoms with Gasteiger partial charge in [0.15, 0.2) is 0 Å². The minimum absolute atomic E-state index is 0.0469.